The van der Waals surface area contributed by atoms with Crippen LogP contribution >= 0.6 is 23.7 Å². The van der Waals surface area contributed by atoms with Crippen LogP contribution in [-0.2, 0) is 6.61 Å². The molecule has 0 aliphatic heterocycles. The van der Waals surface area contributed by atoms with Crippen LogP contribution in [0.15, 0.2) is 46.6 Å². The number of halogens is 1. The number of hydrogen-bond donors (Lipinski definition) is 3. The summed E-state index contributed by atoms with van der Waals surface area (Å²) in [5, 5.41) is 17.4. The van der Waals surface area contributed by atoms with Crippen molar-refractivity contribution >= 4 is 44.7 Å². The summed E-state index contributed by atoms with van der Waals surface area (Å²) in [6, 6.07) is 12.7. The fraction of sp³-hybridized carbons (Fsp3) is 0.320. The van der Waals surface area contributed by atoms with E-state index in [2.05, 4.69) is 48.4 Å². The molecule has 4 aromatic rings. The molecule has 0 spiro atoms. The molecule has 2 aromatic carbocycles. The van der Waals surface area contributed by atoms with Gasteiger partial charge in [-0.15, -0.1) is 23.7 Å². The molecule has 2 heterocycles. The highest BCUT2D eigenvalue weighted by molar-refractivity contribution is 7.17. The Morgan fingerprint density at radius 1 is 1.16 bits per heavy atom. The summed E-state index contributed by atoms with van der Waals surface area (Å²) in [5.74, 6) is 0.975. The quantitative estimate of drug-likeness (QED) is 0.354. The minimum Gasteiger partial charge on any atom is -0.392 e. The Hall–Kier alpha value is -2.18. The molecular formula is C25H29ClN2O2S. The highest BCUT2D eigenvalue weighted by Gasteiger charge is 2.19. The molecule has 1 unspecified atom stereocenters. The standard InChI is InChI=1S/C25H28N2O2S.ClH/c1-14(2)20(12-26-4)16-5-7-17(8-6-16)21-18(13-28)11-15(3)23-22(21)19-9-10-30-24(19)25(29)27-23;/h5-11,14,20,26,28H,12-13H2,1-4H3,(H,27,29);1H. The van der Waals surface area contributed by atoms with Gasteiger partial charge >= 0.3 is 0 Å². The molecule has 4 rings (SSSR count). The zero-order chi connectivity index (χ0) is 21.4. The Labute approximate surface area is 192 Å². The fourth-order valence-electron chi connectivity index (χ4n) is 4.48. The molecule has 31 heavy (non-hydrogen) atoms. The minimum atomic E-state index is -0.0551. The van der Waals surface area contributed by atoms with Gasteiger partial charge in [-0.1, -0.05) is 44.2 Å². The summed E-state index contributed by atoms with van der Waals surface area (Å²) in [4.78, 5) is 15.6. The van der Waals surface area contributed by atoms with Crippen molar-refractivity contribution in [2.75, 3.05) is 13.6 Å². The van der Waals surface area contributed by atoms with Crippen LogP contribution in [0.5, 0.6) is 0 Å². The SMILES string of the molecule is CNCC(c1ccc(-c2c(CO)cc(C)c3[nH]c(=O)c4sccc4c23)cc1)C(C)C.Cl. The summed E-state index contributed by atoms with van der Waals surface area (Å²) in [6.45, 7) is 7.36. The van der Waals surface area contributed by atoms with E-state index in [-0.39, 0.29) is 24.6 Å². The molecule has 164 valence electrons. The predicted molar refractivity (Wildman–Crippen MR) is 135 cm³/mol. The van der Waals surface area contributed by atoms with E-state index < -0.39 is 0 Å². The normalized spacial score (nSPS) is 12.5. The van der Waals surface area contributed by atoms with E-state index in [9.17, 15) is 9.90 Å². The van der Waals surface area contributed by atoms with E-state index in [4.69, 9.17) is 0 Å². The minimum absolute atomic E-state index is 0. The number of aromatic amines is 1. The molecule has 0 fully saturated rings. The second-order valence-electron chi connectivity index (χ2n) is 8.28. The Bertz CT molecular complexity index is 1260. The van der Waals surface area contributed by atoms with Gasteiger partial charge in [0.1, 0.15) is 4.70 Å². The van der Waals surface area contributed by atoms with Crippen molar-refractivity contribution in [3.8, 4) is 11.1 Å². The molecule has 0 bridgehead atoms. The van der Waals surface area contributed by atoms with Gasteiger partial charge in [-0.05, 0) is 65.1 Å². The number of pyridine rings is 1. The number of aryl methyl sites for hydroxylation is 1. The molecule has 1 atom stereocenters. The van der Waals surface area contributed by atoms with E-state index in [1.807, 2.05) is 31.5 Å². The van der Waals surface area contributed by atoms with Crippen LogP contribution in [-0.4, -0.2) is 23.7 Å². The third-order valence-electron chi connectivity index (χ3n) is 6.01. The van der Waals surface area contributed by atoms with Crippen LogP contribution in [0.3, 0.4) is 0 Å². The van der Waals surface area contributed by atoms with Gasteiger partial charge in [-0.25, -0.2) is 0 Å². The number of fused-ring (bicyclic) bond motifs is 3. The highest BCUT2D eigenvalue weighted by Crippen LogP contribution is 2.38. The van der Waals surface area contributed by atoms with E-state index in [0.717, 1.165) is 49.8 Å². The van der Waals surface area contributed by atoms with Crippen molar-refractivity contribution in [3.05, 3.63) is 68.8 Å². The van der Waals surface area contributed by atoms with Crippen LogP contribution in [0.4, 0.5) is 0 Å². The highest BCUT2D eigenvalue weighted by atomic mass is 35.5. The van der Waals surface area contributed by atoms with Gasteiger partial charge in [-0.2, -0.15) is 0 Å². The average molecular weight is 457 g/mol. The lowest BCUT2D eigenvalue weighted by molar-refractivity contribution is 0.282. The molecule has 6 heteroatoms. The van der Waals surface area contributed by atoms with Crippen LogP contribution < -0.4 is 10.9 Å². The summed E-state index contributed by atoms with van der Waals surface area (Å²) < 4.78 is 0.726. The lowest BCUT2D eigenvalue weighted by atomic mass is 9.86. The topological polar surface area (TPSA) is 65.1 Å². The van der Waals surface area contributed by atoms with E-state index in [1.165, 1.54) is 16.9 Å². The molecule has 2 aromatic heterocycles. The van der Waals surface area contributed by atoms with Crippen molar-refractivity contribution in [2.45, 2.75) is 33.3 Å². The van der Waals surface area contributed by atoms with Gasteiger partial charge in [-0.3, -0.25) is 4.79 Å². The smallest absolute Gasteiger partial charge is 0.266 e. The molecule has 0 radical (unpaired) electrons. The summed E-state index contributed by atoms with van der Waals surface area (Å²) in [7, 11) is 1.99. The number of aliphatic hydroxyl groups excluding tert-OH is 1. The number of aliphatic hydroxyl groups is 1. The molecule has 0 aliphatic carbocycles. The number of hydrogen-bond acceptors (Lipinski definition) is 4. The van der Waals surface area contributed by atoms with Crippen molar-refractivity contribution in [2.24, 2.45) is 5.92 Å². The lowest BCUT2D eigenvalue weighted by Gasteiger charge is -2.22. The third kappa shape index (κ3) is 4.15. The average Bonchev–Trinajstić information content (AvgIpc) is 3.23. The van der Waals surface area contributed by atoms with Crippen LogP contribution in [0, 0.1) is 12.8 Å². The Kier molecular flexibility index (Phi) is 7.22. The van der Waals surface area contributed by atoms with Gasteiger partial charge in [0.2, 0.25) is 0 Å². The third-order valence-corrected chi connectivity index (χ3v) is 6.93. The van der Waals surface area contributed by atoms with Crippen LogP contribution in [0.1, 0.15) is 36.5 Å². The molecule has 0 amide bonds. The van der Waals surface area contributed by atoms with Crippen molar-refractivity contribution in [1.29, 1.82) is 0 Å². The van der Waals surface area contributed by atoms with E-state index in [1.54, 1.807) is 0 Å². The molecule has 3 N–H and O–H groups in total. The molecule has 0 aliphatic rings. The second-order valence-corrected chi connectivity index (χ2v) is 9.20. The zero-order valence-electron chi connectivity index (χ0n) is 18.3. The first-order valence-electron chi connectivity index (χ1n) is 10.4. The van der Waals surface area contributed by atoms with Gasteiger partial charge in [0.05, 0.1) is 12.1 Å². The predicted octanol–water partition coefficient (Wildman–Crippen LogP) is 5.59. The van der Waals surface area contributed by atoms with E-state index >= 15 is 0 Å². The molecule has 0 saturated carbocycles. The number of aromatic nitrogens is 1. The number of benzene rings is 2. The fourth-order valence-corrected chi connectivity index (χ4v) is 5.28. The Morgan fingerprint density at radius 3 is 2.48 bits per heavy atom. The van der Waals surface area contributed by atoms with Gasteiger partial charge in [0, 0.05) is 17.3 Å². The molecule has 4 nitrogen and oxygen atoms in total. The summed E-state index contributed by atoms with van der Waals surface area (Å²) >= 11 is 1.45. The largest absolute Gasteiger partial charge is 0.392 e. The number of H-pyrrole nitrogens is 1. The first kappa shape index (κ1) is 23.5. The Morgan fingerprint density at radius 2 is 1.87 bits per heavy atom. The van der Waals surface area contributed by atoms with Crippen LogP contribution in [0.2, 0.25) is 0 Å². The second kappa shape index (κ2) is 9.53. The van der Waals surface area contributed by atoms with Gasteiger partial charge in [0.25, 0.3) is 5.56 Å². The summed E-state index contributed by atoms with van der Waals surface area (Å²) in [6.07, 6.45) is 0. The molecule has 0 saturated heterocycles. The summed E-state index contributed by atoms with van der Waals surface area (Å²) in [5.41, 5.74) is 5.99. The number of thiophene rings is 1. The van der Waals surface area contributed by atoms with Crippen molar-refractivity contribution in [1.82, 2.24) is 10.3 Å². The molecular weight excluding hydrogens is 428 g/mol. The van der Waals surface area contributed by atoms with E-state index in [0.29, 0.717) is 11.8 Å². The number of rotatable bonds is 6. The first-order chi connectivity index (χ1) is 14.5. The maximum absolute atomic E-state index is 12.6. The van der Waals surface area contributed by atoms with Crippen molar-refractivity contribution in [3.63, 3.8) is 0 Å². The van der Waals surface area contributed by atoms with Crippen LogP contribution in [0.25, 0.3) is 32.1 Å². The number of likely N-dealkylation sites (N-methyl/N-ethyl adjacent to an activating group) is 1. The number of nitrogens with one attached hydrogen (secondary N) is 2. The van der Waals surface area contributed by atoms with Crippen molar-refractivity contribution < 1.29 is 5.11 Å². The maximum atomic E-state index is 12.6. The first-order valence-corrected chi connectivity index (χ1v) is 11.3. The lowest BCUT2D eigenvalue weighted by Crippen LogP contribution is -2.21. The van der Waals surface area contributed by atoms with Gasteiger partial charge < -0.3 is 15.4 Å². The maximum Gasteiger partial charge on any atom is 0.266 e. The van der Waals surface area contributed by atoms with Gasteiger partial charge in [0.15, 0.2) is 0 Å². The zero-order valence-corrected chi connectivity index (χ0v) is 19.9. The monoisotopic (exact) mass is 456 g/mol. The Balaban J connectivity index is 0.00000272.